The van der Waals surface area contributed by atoms with Gasteiger partial charge in [0, 0.05) is 22.9 Å². The Hall–Kier alpha value is -3.33. The van der Waals surface area contributed by atoms with E-state index in [0.717, 1.165) is 27.9 Å². The van der Waals surface area contributed by atoms with Crippen LogP contribution in [0.25, 0.3) is 33.8 Å². The highest BCUT2D eigenvalue weighted by atomic mass is 32.2. The number of hydrogen-bond acceptors (Lipinski definition) is 8. The smallest absolute Gasteiger partial charge is 0.209 e. The van der Waals surface area contributed by atoms with Crippen molar-refractivity contribution in [2.75, 3.05) is 12.3 Å². The molecule has 27 heavy (non-hydrogen) atoms. The van der Waals surface area contributed by atoms with Crippen LogP contribution in [0.15, 0.2) is 73.7 Å². The number of benzene rings is 1. The van der Waals surface area contributed by atoms with Crippen LogP contribution in [0.4, 0.5) is 0 Å². The van der Waals surface area contributed by atoms with Crippen LogP contribution in [0.3, 0.4) is 0 Å². The number of hydrogen-bond donors (Lipinski definition) is 1. The Morgan fingerprint density at radius 3 is 2.93 bits per heavy atom. The average Bonchev–Trinajstić information content (AvgIpc) is 3.47. The number of para-hydroxylation sites is 1. The lowest BCUT2D eigenvalue weighted by Crippen LogP contribution is -2.02. The summed E-state index contributed by atoms with van der Waals surface area (Å²) in [6, 6.07) is 13.8. The van der Waals surface area contributed by atoms with Gasteiger partial charge in [-0.05, 0) is 29.5 Å². The third kappa shape index (κ3) is 3.13. The van der Waals surface area contributed by atoms with Crippen molar-refractivity contribution in [3.63, 3.8) is 0 Å². The number of fused-ring (bicyclic) bond motifs is 1. The van der Waals surface area contributed by atoms with Crippen molar-refractivity contribution < 1.29 is 4.42 Å². The molecule has 1 N–H and O–H groups in total. The van der Waals surface area contributed by atoms with Gasteiger partial charge in [0.15, 0.2) is 11.6 Å². The fraction of sp³-hybridized carbons (Fsp3) is 0.111. The highest BCUT2D eigenvalue weighted by Crippen LogP contribution is 2.31. The van der Waals surface area contributed by atoms with E-state index in [1.807, 2.05) is 42.5 Å². The first-order valence-corrected chi connectivity index (χ1v) is 9.27. The van der Waals surface area contributed by atoms with E-state index >= 15 is 0 Å². The van der Waals surface area contributed by atoms with Gasteiger partial charge in [0.25, 0.3) is 0 Å². The van der Waals surface area contributed by atoms with Gasteiger partial charge >= 0.3 is 0 Å². The minimum Gasteiger partial charge on any atom is -0.453 e. The van der Waals surface area contributed by atoms with Crippen molar-refractivity contribution in [2.45, 2.75) is 5.16 Å². The Bertz CT molecular complexity index is 1170. The number of aromatic nitrogens is 4. The molecule has 0 saturated carbocycles. The third-order valence-electron chi connectivity index (χ3n) is 4.07. The van der Waals surface area contributed by atoms with Crippen molar-refractivity contribution in [2.24, 2.45) is 15.4 Å². The maximum Gasteiger partial charge on any atom is 0.209 e. The summed E-state index contributed by atoms with van der Waals surface area (Å²) in [5, 5.41) is 20.2. The van der Waals surface area contributed by atoms with Crippen LogP contribution in [0, 0.1) is 0 Å². The first-order chi connectivity index (χ1) is 13.4. The van der Waals surface area contributed by atoms with E-state index in [1.54, 1.807) is 6.20 Å². The fourth-order valence-electron chi connectivity index (χ4n) is 2.80. The monoisotopic (exact) mass is 375 g/mol. The van der Waals surface area contributed by atoms with Gasteiger partial charge in [0.1, 0.15) is 12.3 Å². The Kier molecular flexibility index (Phi) is 3.98. The highest BCUT2D eigenvalue weighted by molar-refractivity contribution is 7.99. The molecule has 4 heterocycles. The fourth-order valence-corrected chi connectivity index (χ4v) is 3.51. The molecule has 5 rings (SSSR count). The molecule has 0 fully saturated rings. The minimum atomic E-state index is 0.547. The molecule has 0 bridgehead atoms. The molecule has 0 amide bonds. The van der Waals surface area contributed by atoms with E-state index in [1.165, 1.54) is 11.8 Å². The molecule has 0 atom stereocenters. The number of rotatable bonds is 5. The lowest BCUT2D eigenvalue weighted by atomic mass is 10.1. The Morgan fingerprint density at radius 2 is 2.00 bits per heavy atom. The quantitative estimate of drug-likeness (QED) is 0.527. The van der Waals surface area contributed by atoms with Gasteiger partial charge in [-0.2, -0.15) is 10.1 Å². The van der Waals surface area contributed by atoms with Crippen LogP contribution in [0.1, 0.15) is 0 Å². The molecule has 9 heteroatoms. The van der Waals surface area contributed by atoms with Gasteiger partial charge in [0.2, 0.25) is 5.16 Å². The maximum atomic E-state index is 6.02. The summed E-state index contributed by atoms with van der Waals surface area (Å²) in [6.45, 7) is 0.547. The summed E-state index contributed by atoms with van der Waals surface area (Å²) in [5.74, 6) is 2.61. The first kappa shape index (κ1) is 15.9. The molecule has 1 aliphatic rings. The van der Waals surface area contributed by atoms with Gasteiger partial charge < -0.3 is 4.42 Å². The summed E-state index contributed by atoms with van der Waals surface area (Å²) in [7, 11) is 0. The van der Waals surface area contributed by atoms with Gasteiger partial charge in [-0.3, -0.25) is 10.1 Å². The number of H-pyrrole nitrogens is 1. The molecular weight excluding hydrogens is 362 g/mol. The van der Waals surface area contributed by atoms with E-state index in [2.05, 4.69) is 35.6 Å². The predicted molar refractivity (Wildman–Crippen MR) is 103 cm³/mol. The number of nitrogens with one attached hydrogen (secondary N) is 1. The normalized spacial score (nSPS) is 13.4. The van der Waals surface area contributed by atoms with Crippen LogP contribution in [0.5, 0.6) is 0 Å². The first-order valence-electron chi connectivity index (χ1n) is 8.28. The SMILES string of the molecule is c1cnc2c(-c3ccc(-c4nc(SCC5=NN=NC5)n[nH]4)o3)cccc2c1. The number of pyridine rings is 1. The predicted octanol–water partition coefficient (Wildman–Crippen LogP) is 4.19. The van der Waals surface area contributed by atoms with Gasteiger partial charge in [-0.15, -0.1) is 10.2 Å². The molecule has 0 saturated heterocycles. The second kappa shape index (κ2) is 6.76. The number of nitrogens with zero attached hydrogens (tertiary/aromatic N) is 6. The van der Waals surface area contributed by atoms with Crippen LogP contribution in [0.2, 0.25) is 0 Å². The lowest BCUT2D eigenvalue weighted by Gasteiger charge is -2.02. The zero-order valence-corrected chi connectivity index (χ0v) is 14.8. The van der Waals surface area contributed by atoms with Crippen LogP contribution >= 0.6 is 11.8 Å². The molecule has 1 aromatic carbocycles. The second-order valence-corrected chi connectivity index (χ2v) is 6.80. The second-order valence-electron chi connectivity index (χ2n) is 5.86. The minimum absolute atomic E-state index is 0.547. The number of aromatic amines is 1. The summed E-state index contributed by atoms with van der Waals surface area (Å²) in [6.07, 6.45) is 1.78. The molecule has 0 spiro atoms. The molecule has 0 aliphatic carbocycles. The van der Waals surface area contributed by atoms with Crippen LogP contribution in [-0.4, -0.2) is 38.2 Å². The van der Waals surface area contributed by atoms with E-state index in [0.29, 0.717) is 29.0 Å². The molecule has 132 valence electrons. The van der Waals surface area contributed by atoms with Gasteiger partial charge in [-0.1, -0.05) is 30.0 Å². The zero-order valence-electron chi connectivity index (χ0n) is 14.0. The van der Waals surface area contributed by atoms with E-state index in [-0.39, 0.29) is 0 Å². The van der Waals surface area contributed by atoms with Crippen molar-refractivity contribution >= 4 is 28.4 Å². The van der Waals surface area contributed by atoms with Crippen molar-refractivity contribution in [3.05, 3.63) is 48.7 Å². The molecule has 4 aromatic rings. The van der Waals surface area contributed by atoms with Crippen molar-refractivity contribution in [3.8, 4) is 22.9 Å². The standard InChI is InChI=1S/C18H13N7OS/c1-3-11-4-2-8-19-16(11)13(5-1)14-6-7-15(26-14)17-21-18(24-23-17)27-10-12-9-20-25-22-12/h1-8H,9-10H2,(H,21,23,24). The Labute approximate surface area is 157 Å². The van der Waals surface area contributed by atoms with Gasteiger partial charge in [-0.25, -0.2) is 0 Å². The zero-order chi connectivity index (χ0) is 18.1. The molecular formula is C18H13N7OS. The molecule has 0 unspecified atom stereocenters. The number of furan rings is 1. The van der Waals surface area contributed by atoms with E-state index in [9.17, 15) is 0 Å². The molecule has 8 nitrogen and oxygen atoms in total. The Morgan fingerprint density at radius 1 is 1.07 bits per heavy atom. The largest absolute Gasteiger partial charge is 0.453 e. The molecule has 3 aromatic heterocycles. The van der Waals surface area contributed by atoms with E-state index in [4.69, 9.17) is 4.42 Å². The van der Waals surface area contributed by atoms with Crippen molar-refractivity contribution in [1.29, 1.82) is 0 Å². The summed E-state index contributed by atoms with van der Waals surface area (Å²) < 4.78 is 6.02. The van der Waals surface area contributed by atoms with Crippen LogP contribution < -0.4 is 0 Å². The summed E-state index contributed by atoms with van der Waals surface area (Å²) in [5.41, 5.74) is 2.76. The average molecular weight is 375 g/mol. The van der Waals surface area contributed by atoms with Crippen molar-refractivity contribution in [1.82, 2.24) is 20.2 Å². The van der Waals surface area contributed by atoms with Crippen LogP contribution in [-0.2, 0) is 0 Å². The Balaban J connectivity index is 1.39. The third-order valence-corrected chi connectivity index (χ3v) is 4.99. The lowest BCUT2D eigenvalue weighted by molar-refractivity contribution is 0.593. The highest BCUT2D eigenvalue weighted by Gasteiger charge is 2.14. The summed E-state index contributed by atoms with van der Waals surface area (Å²) >= 11 is 1.48. The van der Waals surface area contributed by atoms with Gasteiger partial charge in [0.05, 0.1) is 11.2 Å². The summed E-state index contributed by atoms with van der Waals surface area (Å²) in [4.78, 5) is 8.96. The topological polar surface area (TPSA) is 105 Å². The number of thioether (sulfide) groups is 1. The maximum absolute atomic E-state index is 6.02. The molecule has 1 aliphatic heterocycles. The molecule has 0 radical (unpaired) electrons. The van der Waals surface area contributed by atoms with E-state index < -0.39 is 0 Å².